The molecule has 0 bridgehead atoms. The first kappa shape index (κ1) is 37.7. The van der Waals surface area contributed by atoms with Crippen molar-refractivity contribution in [3.8, 4) is 0 Å². The molecule has 0 fully saturated rings. The highest BCUT2D eigenvalue weighted by Crippen LogP contribution is 2.59. The van der Waals surface area contributed by atoms with Gasteiger partial charge in [-0.3, -0.25) is 19.0 Å². The summed E-state index contributed by atoms with van der Waals surface area (Å²) in [6.45, 7) is 0. The number of hydrogen-bond acceptors (Lipinski definition) is 4. The summed E-state index contributed by atoms with van der Waals surface area (Å²) in [5.74, 6) is -36.6. The van der Waals surface area contributed by atoms with E-state index in [0.717, 1.165) is 9.47 Å². The molecule has 28 heteroatoms. The summed E-state index contributed by atoms with van der Waals surface area (Å²) in [6.07, 6.45) is -57.5. The van der Waals surface area contributed by atoms with E-state index in [-0.39, 0.29) is 0 Å². The van der Waals surface area contributed by atoms with E-state index < -0.39 is 72.4 Å². The number of halogens is 23. The van der Waals surface area contributed by atoms with Crippen LogP contribution in [-0.2, 0) is 19.0 Å². The van der Waals surface area contributed by atoms with Gasteiger partial charge in [-0.05, 0) is 0 Å². The monoisotopic (exact) mass is 661 g/mol. The van der Waals surface area contributed by atoms with Gasteiger partial charge in [-0.15, -0.1) is 0 Å². The fourth-order valence-electron chi connectivity index (χ4n) is 1.70. The van der Waals surface area contributed by atoms with Crippen LogP contribution in [-0.4, -0.2) is 72.4 Å². The van der Waals surface area contributed by atoms with Crippen LogP contribution in [0.15, 0.2) is 0 Å². The molecule has 0 spiro atoms. The highest BCUT2D eigenvalue weighted by molar-refractivity contribution is 5.82. The smallest absolute Gasteiger partial charge is 0.364 e. The van der Waals surface area contributed by atoms with Crippen molar-refractivity contribution in [2.24, 2.45) is 5.73 Å². The van der Waals surface area contributed by atoms with Gasteiger partial charge in [0.05, 0.1) is 0 Å². The van der Waals surface area contributed by atoms with Crippen LogP contribution in [0.2, 0.25) is 0 Å². The topological polar surface area (TPSA) is 70.8 Å². The SMILES string of the molecule is NC(=O)[C@@](F)(OC(F)(F)[C@](F)(OC(F)(F)[C@@](F)(OC(F)(F)C(F)(F)C(F)(F)F)C(F)(F)F)C(F)(F)F)C(F)(F)F. The zero-order chi connectivity index (χ0) is 33.2. The average Bonchev–Trinajstić information content (AvgIpc) is 2.62. The Morgan fingerprint density at radius 1 is 0.400 bits per heavy atom. The standard InChI is InChI=1S/C12H2F23NO4/c13-2(1(36)37,6(18,19)20)38-11(32,33)4(16,8(24,25)26)40-12(34,35)5(17,9(27,28)29)39-10(30,31)3(14,15)7(21,22)23/h(H2,36,37)/t2-,4-,5+/m1/s1. The molecule has 240 valence electrons. The fourth-order valence-corrected chi connectivity index (χ4v) is 1.70. The van der Waals surface area contributed by atoms with Gasteiger partial charge in [0, 0.05) is 0 Å². The van der Waals surface area contributed by atoms with Crippen molar-refractivity contribution in [1.29, 1.82) is 0 Å². The summed E-state index contributed by atoms with van der Waals surface area (Å²) < 4.78 is 301. The Bertz CT molecular complexity index is 934. The van der Waals surface area contributed by atoms with Crippen LogP contribution >= 0.6 is 0 Å². The first-order valence-corrected chi connectivity index (χ1v) is 8.06. The van der Waals surface area contributed by atoms with E-state index in [4.69, 9.17) is 0 Å². The van der Waals surface area contributed by atoms with Crippen LogP contribution in [0.25, 0.3) is 0 Å². The lowest BCUT2D eigenvalue weighted by Crippen LogP contribution is -2.71. The third-order valence-corrected chi connectivity index (χ3v) is 3.69. The summed E-state index contributed by atoms with van der Waals surface area (Å²) in [6, 6.07) is 0. The van der Waals surface area contributed by atoms with Crippen LogP contribution in [0.1, 0.15) is 0 Å². The molecule has 0 aromatic carbocycles. The molecule has 0 aliphatic carbocycles. The Labute approximate surface area is 199 Å². The molecule has 3 atom stereocenters. The quantitative estimate of drug-likeness (QED) is 0.284. The predicted molar refractivity (Wildman–Crippen MR) is 68.0 cm³/mol. The largest absolute Gasteiger partial charge is 0.462 e. The van der Waals surface area contributed by atoms with Gasteiger partial charge in [-0.25, -0.2) is 0 Å². The second-order valence-electron chi connectivity index (χ2n) is 6.57. The molecule has 0 aromatic heterocycles. The highest BCUT2D eigenvalue weighted by Gasteiger charge is 2.88. The first-order chi connectivity index (χ1) is 16.8. The molecule has 0 heterocycles. The van der Waals surface area contributed by atoms with Crippen molar-refractivity contribution in [2.45, 2.75) is 66.5 Å². The van der Waals surface area contributed by atoms with Gasteiger partial charge in [-0.2, -0.15) is 101 Å². The number of carbonyl (C=O) groups excluding carboxylic acids is 1. The second kappa shape index (κ2) is 9.65. The van der Waals surface area contributed by atoms with E-state index in [0.29, 0.717) is 0 Å². The zero-order valence-corrected chi connectivity index (χ0v) is 16.9. The molecule has 5 nitrogen and oxygen atoms in total. The van der Waals surface area contributed by atoms with Gasteiger partial charge in [0.15, 0.2) is 0 Å². The molecule has 0 rings (SSSR count). The number of hydrogen-bond donors (Lipinski definition) is 1. The molecule has 1 amide bonds. The summed E-state index contributed by atoms with van der Waals surface area (Å²) in [4.78, 5) is 10.4. The summed E-state index contributed by atoms with van der Waals surface area (Å²) >= 11 is 0. The summed E-state index contributed by atoms with van der Waals surface area (Å²) in [7, 11) is 0. The normalized spacial score (nSPS) is 20.0. The molecule has 40 heavy (non-hydrogen) atoms. The number of primary amides is 1. The second-order valence-corrected chi connectivity index (χ2v) is 6.57. The van der Waals surface area contributed by atoms with Gasteiger partial charge in [0.1, 0.15) is 0 Å². The molecular formula is C12H2F23NO4. The molecule has 0 aliphatic heterocycles. The van der Waals surface area contributed by atoms with Crippen molar-refractivity contribution < 1.29 is 120 Å². The predicted octanol–water partition coefficient (Wildman–Crippen LogP) is 6.18. The van der Waals surface area contributed by atoms with Crippen molar-refractivity contribution in [2.75, 3.05) is 0 Å². The third-order valence-electron chi connectivity index (χ3n) is 3.69. The van der Waals surface area contributed by atoms with E-state index in [2.05, 4.69) is 5.73 Å². The Hall–Kier alpha value is -2.26. The molecule has 0 radical (unpaired) electrons. The van der Waals surface area contributed by atoms with Crippen molar-refractivity contribution in [3.63, 3.8) is 0 Å². The maximum Gasteiger partial charge on any atom is 0.462 e. The van der Waals surface area contributed by atoms with Crippen LogP contribution in [0, 0.1) is 0 Å². The highest BCUT2D eigenvalue weighted by atomic mass is 19.4. The Kier molecular flexibility index (Phi) is 9.10. The molecule has 0 saturated carbocycles. The van der Waals surface area contributed by atoms with Crippen molar-refractivity contribution in [3.05, 3.63) is 0 Å². The Balaban J connectivity index is 7.24. The van der Waals surface area contributed by atoms with E-state index in [9.17, 15) is 106 Å². The van der Waals surface area contributed by atoms with E-state index in [1.165, 1.54) is 4.74 Å². The summed E-state index contributed by atoms with van der Waals surface area (Å²) in [5.41, 5.74) is 3.56. The molecule has 0 saturated heterocycles. The molecular weight excluding hydrogens is 659 g/mol. The van der Waals surface area contributed by atoms with Crippen molar-refractivity contribution >= 4 is 5.91 Å². The first-order valence-electron chi connectivity index (χ1n) is 8.06. The number of ether oxygens (including phenoxy) is 3. The molecule has 2 N–H and O–H groups in total. The fraction of sp³-hybridized carbons (Fsp3) is 0.917. The number of alkyl halides is 23. The maximum atomic E-state index is 14.0. The average molecular weight is 661 g/mol. The number of nitrogens with two attached hydrogens (primary N) is 1. The Morgan fingerprint density at radius 3 is 0.900 bits per heavy atom. The van der Waals surface area contributed by atoms with E-state index in [1.807, 2.05) is 0 Å². The minimum absolute atomic E-state index is 0.993. The molecule has 0 unspecified atom stereocenters. The number of carbonyl (C=O) groups is 1. The molecule has 0 aliphatic rings. The zero-order valence-electron chi connectivity index (χ0n) is 16.9. The molecule has 0 aromatic rings. The third kappa shape index (κ3) is 6.01. The maximum absolute atomic E-state index is 14.0. The van der Waals surface area contributed by atoms with Gasteiger partial charge in [-0.1, -0.05) is 0 Å². The lowest BCUT2D eigenvalue weighted by Gasteiger charge is -2.42. The number of amides is 1. The van der Waals surface area contributed by atoms with Gasteiger partial charge in [0.25, 0.3) is 5.91 Å². The van der Waals surface area contributed by atoms with Crippen LogP contribution in [0.5, 0.6) is 0 Å². The van der Waals surface area contributed by atoms with E-state index in [1.54, 1.807) is 0 Å². The van der Waals surface area contributed by atoms with Crippen LogP contribution < -0.4 is 5.73 Å². The minimum atomic E-state index is -8.74. The lowest BCUT2D eigenvalue weighted by molar-refractivity contribution is -0.577. The van der Waals surface area contributed by atoms with E-state index >= 15 is 0 Å². The van der Waals surface area contributed by atoms with Crippen molar-refractivity contribution in [1.82, 2.24) is 0 Å². The minimum Gasteiger partial charge on any atom is -0.364 e. The van der Waals surface area contributed by atoms with Gasteiger partial charge < -0.3 is 5.73 Å². The van der Waals surface area contributed by atoms with Gasteiger partial charge >= 0.3 is 66.5 Å². The number of rotatable bonds is 10. The van der Waals surface area contributed by atoms with Crippen LogP contribution in [0.3, 0.4) is 0 Å². The Morgan fingerprint density at radius 2 is 0.675 bits per heavy atom. The van der Waals surface area contributed by atoms with Gasteiger partial charge in [0.2, 0.25) is 0 Å². The van der Waals surface area contributed by atoms with Crippen LogP contribution in [0.4, 0.5) is 101 Å². The summed E-state index contributed by atoms with van der Waals surface area (Å²) in [5, 5.41) is 0. The lowest BCUT2D eigenvalue weighted by atomic mass is 10.2.